The highest BCUT2D eigenvalue weighted by atomic mass is 32.2. The Morgan fingerprint density at radius 3 is 2.52 bits per heavy atom. The van der Waals surface area contributed by atoms with Crippen molar-refractivity contribution in [1.82, 2.24) is 10.2 Å². The van der Waals surface area contributed by atoms with Crippen LogP contribution in [0.5, 0.6) is 0 Å². The first kappa shape index (κ1) is 15.6. The van der Waals surface area contributed by atoms with Gasteiger partial charge in [0, 0.05) is 5.56 Å². The van der Waals surface area contributed by atoms with E-state index in [4.69, 9.17) is 9.15 Å². The molecule has 0 saturated heterocycles. The molecule has 1 aromatic carbocycles. The van der Waals surface area contributed by atoms with Crippen molar-refractivity contribution in [2.45, 2.75) is 38.5 Å². The number of benzene rings is 1. The average molecular weight is 306 g/mol. The van der Waals surface area contributed by atoms with Gasteiger partial charge >= 0.3 is 5.97 Å². The summed E-state index contributed by atoms with van der Waals surface area (Å²) in [6.45, 7) is 7.51. The highest BCUT2D eigenvalue weighted by Gasteiger charge is 2.17. The zero-order chi connectivity index (χ0) is 15.5. The first-order chi connectivity index (χ1) is 9.83. The maximum absolute atomic E-state index is 11.6. The summed E-state index contributed by atoms with van der Waals surface area (Å²) in [5.74, 6) is 0.288. The molecular weight excluding hydrogens is 288 g/mol. The van der Waals surface area contributed by atoms with Crippen LogP contribution in [0.25, 0.3) is 11.5 Å². The summed E-state index contributed by atoms with van der Waals surface area (Å²) in [5.41, 5.74) is 1.54. The van der Waals surface area contributed by atoms with Crippen molar-refractivity contribution in [2.75, 3.05) is 5.75 Å². The molecule has 1 aromatic heterocycles. The Morgan fingerprint density at radius 2 is 1.90 bits per heavy atom. The number of carbonyl (C=O) groups is 1. The number of thioether (sulfide) groups is 1. The SMILES string of the molecule is Cc1ccc(-c2nnc(SCC(=O)OC(C)(C)C)o2)cc1. The highest BCUT2D eigenvalue weighted by molar-refractivity contribution is 7.99. The molecule has 2 aromatic rings. The first-order valence-corrected chi connectivity index (χ1v) is 7.57. The molecule has 0 N–H and O–H groups in total. The lowest BCUT2D eigenvalue weighted by Gasteiger charge is -2.18. The van der Waals surface area contributed by atoms with Gasteiger partial charge in [0.1, 0.15) is 11.4 Å². The van der Waals surface area contributed by atoms with Crippen molar-refractivity contribution in [3.8, 4) is 11.5 Å². The van der Waals surface area contributed by atoms with Crippen LogP contribution >= 0.6 is 11.8 Å². The molecule has 0 spiro atoms. The van der Waals surface area contributed by atoms with Crippen LogP contribution in [0.4, 0.5) is 0 Å². The summed E-state index contributed by atoms with van der Waals surface area (Å²) < 4.78 is 10.7. The molecule has 0 saturated carbocycles. The van der Waals surface area contributed by atoms with E-state index in [9.17, 15) is 4.79 Å². The standard InChI is InChI=1S/C15H18N2O3S/c1-10-5-7-11(8-6-10)13-16-17-14(19-13)21-9-12(18)20-15(2,3)4/h5-8H,9H2,1-4H3. The third kappa shape index (κ3) is 4.90. The van der Waals surface area contributed by atoms with Gasteiger partial charge in [0.15, 0.2) is 0 Å². The van der Waals surface area contributed by atoms with Gasteiger partial charge in [-0.05, 0) is 39.8 Å². The second-order valence-corrected chi connectivity index (χ2v) is 6.54. The van der Waals surface area contributed by atoms with E-state index in [2.05, 4.69) is 10.2 Å². The van der Waals surface area contributed by atoms with Crippen LogP contribution in [0.15, 0.2) is 33.9 Å². The lowest BCUT2D eigenvalue weighted by atomic mass is 10.1. The molecule has 0 aliphatic carbocycles. The highest BCUT2D eigenvalue weighted by Crippen LogP contribution is 2.23. The van der Waals surface area contributed by atoms with Crippen molar-refractivity contribution in [3.63, 3.8) is 0 Å². The van der Waals surface area contributed by atoms with E-state index in [-0.39, 0.29) is 11.7 Å². The molecule has 21 heavy (non-hydrogen) atoms. The third-order valence-corrected chi connectivity index (χ3v) is 3.23. The predicted molar refractivity (Wildman–Crippen MR) is 81.0 cm³/mol. The average Bonchev–Trinajstić information content (AvgIpc) is 2.84. The Bertz CT molecular complexity index is 615. The van der Waals surface area contributed by atoms with Gasteiger partial charge in [-0.2, -0.15) is 0 Å². The molecule has 0 bridgehead atoms. The Kier molecular flexibility index (Phi) is 4.67. The molecule has 0 atom stereocenters. The predicted octanol–water partition coefficient (Wildman–Crippen LogP) is 3.48. The molecule has 0 unspecified atom stereocenters. The van der Waals surface area contributed by atoms with Gasteiger partial charge in [0.2, 0.25) is 5.89 Å². The number of carbonyl (C=O) groups excluding carboxylic acids is 1. The van der Waals surface area contributed by atoms with Gasteiger partial charge in [-0.25, -0.2) is 0 Å². The fourth-order valence-corrected chi connectivity index (χ4v) is 2.11. The fraction of sp³-hybridized carbons (Fsp3) is 0.400. The number of hydrogen-bond acceptors (Lipinski definition) is 6. The fourth-order valence-electron chi connectivity index (χ4n) is 1.57. The summed E-state index contributed by atoms with van der Waals surface area (Å²) in [6.07, 6.45) is 0. The largest absolute Gasteiger partial charge is 0.459 e. The van der Waals surface area contributed by atoms with Crippen LogP contribution in [-0.4, -0.2) is 27.5 Å². The van der Waals surface area contributed by atoms with Gasteiger partial charge in [-0.1, -0.05) is 29.5 Å². The Balaban J connectivity index is 1.94. The quantitative estimate of drug-likeness (QED) is 0.636. The third-order valence-electron chi connectivity index (χ3n) is 2.44. The minimum absolute atomic E-state index is 0.146. The van der Waals surface area contributed by atoms with Crippen LogP contribution in [0.1, 0.15) is 26.3 Å². The van der Waals surface area contributed by atoms with Crippen LogP contribution < -0.4 is 0 Å². The second kappa shape index (κ2) is 6.30. The molecular formula is C15H18N2O3S. The van der Waals surface area contributed by atoms with E-state index in [1.165, 1.54) is 11.8 Å². The van der Waals surface area contributed by atoms with Crippen LogP contribution in [-0.2, 0) is 9.53 Å². The first-order valence-electron chi connectivity index (χ1n) is 6.59. The van der Waals surface area contributed by atoms with E-state index >= 15 is 0 Å². The normalized spacial score (nSPS) is 11.4. The molecule has 2 rings (SSSR count). The van der Waals surface area contributed by atoms with Gasteiger partial charge in [-0.15, -0.1) is 10.2 Å². The number of aryl methyl sites for hydroxylation is 1. The summed E-state index contributed by atoms with van der Waals surface area (Å²) >= 11 is 1.17. The van der Waals surface area contributed by atoms with Crippen molar-refractivity contribution in [2.24, 2.45) is 0 Å². The molecule has 1 heterocycles. The van der Waals surface area contributed by atoms with E-state index in [0.717, 1.165) is 11.1 Å². The van der Waals surface area contributed by atoms with Gasteiger partial charge in [0.05, 0.1) is 0 Å². The molecule has 0 radical (unpaired) electrons. The molecule has 6 heteroatoms. The summed E-state index contributed by atoms with van der Waals surface area (Å²) in [5, 5.41) is 8.26. The summed E-state index contributed by atoms with van der Waals surface area (Å²) in [6, 6.07) is 7.80. The van der Waals surface area contributed by atoms with Crippen molar-refractivity contribution >= 4 is 17.7 Å². The van der Waals surface area contributed by atoms with Crippen molar-refractivity contribution in [1.29, 1.82) is 0 Å². The van der Waals surface area contributed by atoms with E-state index in [1.807, 2.05) is 52.0 Å². The number of hydrogen-bond donors (Lipinski definition) is 0. The monoisotopic (exact) mass is 306 g/mol. The van der Waals surface area contributed by atoms with Crippen molar-refractivity contribution < 1.29 is 13.9 Å². The summed E-state index contributed by atoms with van der Waals surface area (Å²) in [7, 11) is 0. The van der Waals surface area contributed by atoms with Gasteiger partial charge < -0.3 is 9.15 Å². The maximum Gasteiger partial charge on any atom is 0.316 e. The Morgan fingerprint density at radius 1 is 1.24 bits per heavy atom. The number of rotatable bonds is 4. The second-order valence-electron chi connectivity index (χ2n) is 5.61. The van der Waals surface area contributed by atoms with Crippen molar-refractivity contribution in [3.05, 3.63) is 29.8 Å². The van der Waals surface area contributed by atoms with E-state index in [0.29, 0.717) is 11.1 Å². The number of esters is 1. The minimum Gasteiger partial charge on any atom is -0.459 e. The molecule has 5 nitrogen and oxygen atoms in total. The van der Waals surface area contributed by atoms with Crippen LogP contribution in [0.2, 0.25) is 0 Å². The maximum atomic E-state index is 11.6. The number of aromatic nitrogens is 2. The lowest BCUT2D eigenvalue weighted by molar-refractivity contribution is -0.151. The molecule has 0 fully saturated rings. The summed E-state index contributed by atoms with van der Waals surface area (Å²) in [4.78, 5) is 11.6. The topological polar surface area (TPSA) is 65.2 Å². The van der Waals surface area contributed by atoms with Crippen LogP contribution in [0.3, 0.4) is 0 Å². The van der Waals surface area contributed by atoms with Crippen LogP contribution in [0, 0.1) is 6.92 Å². The molecule has 112 valence electrons. The van der Waals surface area contributed by atoms with E-state index < -0.39 is 5.60 Å². The van der Waals surface area contributed by atoms with Gasteiger partial charge in [-0.3, -0.25) is 4.79 Å². The molecule has 0 amide bonds. The Hall–Kier alpha value is -1.82. The number of ether oxygens (including phenoxy) is 1. The smallest absolute Gasteiger partial charge is 0.316 e. The molecule has 0 aliphatic rings. The van der Waals surface area contributed by atoms with Gasteiger partial charge in [0.25, 0.3) is 5.22 Å². The minimum atomic E-state index is -0.487. The zero-order valence-corrected chi connectivity index (χ0v) is 13.4. The lowest BCUT2D eigenvalue weighted by Crippen LogP contribution is -2.24. The zero-order valence-electron chi connectivity index (χ0n) is 12.5. The molecule has 0 aliphatic heterocycles. The van der Waals surface area contributed by atoms with E-state index in [1.54, 1.807) is 0 Å². The Labute approximate surface area is 128 Å². The number of nitrogens with zero attached hydrogens (tertiary/aromatic N) is 2.